The third-order valence-corrected chi connectivity index (χ3v) is 4.18. The van der Waals surface area contributed by atoms with Gasteiger partial charge in [0, 0.05) is 13.1 Å². The summed E-state index contributed by atoms with van der Waals surface area (Å²) in [7, 11) is -3.61. The van der Waals surface area contributed by atoms with Crippen molar-refractivity contribution in [2.45, 2.75) is 18.7 Å². The third-order valence-electron chi connectivity index (χ3n) is 2.72. The summed E-state index contributed by atoms with van der Waals surface area (Å²) >= 11 is 0. The van der Waals surface area contributed by atoms with Gasteiger partial charge in [0.2, 0.25) is 10.0 Å². The lowest BCUT2D eigenvalue weighted by Gasteiger charge is -2.17. The van der Waals surface area contributed by atoms with Crippen LogP contribution < -0.4 is 4.72 Å². The van der Waals surface area contributed by atoms with Crippen molar-refractivity contribution in [1.82, 2.24) is 9.62 Å². The Balaban J connectivity index is 0.00000324. The van der Waals surface area contributed by atoms with Gasteiger partial charge < -0.3 is 4.90 Å². The van der Waals surface area contributed by atoms with Crippen LogP contribution in [0.15, 0.2) is 29.2 Å². The third kappa shape index (κ3) is 5.86. The molecule has 0 amide bonds. The minimum Gasteiger partial charge on any atom is -0.303 e. The molecule has 0 aliphatic rings. The van der Waals surface area contributed by atoms with Gasteiger partial charge in [-0.05, 0) is 31.3 Å². The van der Waals surface area contributed by atoms with Gasteiger partial charge in [-0.25, -0.2) is 17.5 Å². The number of nitrogens with one attached hydrogen (secondary N) is 1. The van der Waals surface area contributed by atoms with Gasteiger partial charge in [0.05, 0.1) is 4.90 Å². The zero-order chi connectivity index (χ0) is 13.6. The molecule has 1 rings (SSSR count). The number of hydrogen-bond acceptors (Lipinski definition) is 3. The Hall–Kier alpha value is -0.690. The van der Waals surface area contributed by atoms with E-state index in [1.165, 1.54) is 18.2 Å². The Morgan fingerprint density at radius 2 is 1.89 bits per heavy atom. The van der Waals surface area contributed by atoms with E-state index in [1.54, 1.807) is 0 Å². The van der Waals surface area contributed by atoms with E-state index in [9.17, 15) is 12.8 Å². The molecule has 110 valence electrons. The second-order valence-electron chi connectivity index (χ2n) is 3.88. The number of halogens is 2. The van der Waals surface area contributed by atoms with Crippen LogP contribution in [0.1, 0.15) is 13.8 Å². The molecule has 1 aromatic carbocycles. The lowest BCUT2D eigenvalue weighted by atomic mass is 10.4. The standard InChI is InChI=1S/C12H19FN2O2S.ClH/c1-3-15(4-2)9-8-14-18(16,17)12-7-5-6-11(13)10-12;/h5-7,10,14H,3-4,8-9H2,1-2H3;1H. The van der Waals surface area contributed by atoms with Gasteiger partial charge in [-0.3, -0.25) is 0 Å². The highest BCUT2D eigenvalue weighted by Gasteiger charge is 2.14. The normalized spacial score (nSPS) is 11.4. The van der Waals surface area contributed by atoms with Crippen molar-refractivity contribution in [1.29, 1.82) is 0 Å². The van der Waals surface area contributed by atoms with E-state index < -0.39 is 15.8 Å². The fraction of sp³-hybridized carbons (Fsp3) is 0.500. The maximum Gasteiger partial charge on any atom is 0.240 e. The second-order valence-corrected chi connectivity index (χ2v) is 5.65. The van der Waals surface area contributed by atoms with Gasteiger partial charge in [-0.1, -0.05) is 19.9 Å². The number of benzene rings is 1. The summed E-state index contributed by atoms with van der Waals surface area (Å²) < 4.78 is 39.1. The number of nitrogens with zero attached hydrogens (tertiary/aromatic N) is 1. The first kappa shape index (κ1) is 18.3. The molecule has 7 heteroatoms. The highest BCUT2D eigenvalue weighted by Crippen LogP contribution is 2.09. The number of sulfonamides is 1. The Morgan fingerprint density at radius 1 is 1.26 bits per heavy atom. The van der Waals surface area contributed by atoms with Crippen molar-refractivity contribution in [3.63, 3.8) is 0 Å². The first-order valence-corrected chi connectivity index (χ1v) is 7.45. The van der Waals surface area contributed by atoms with E-state index in [4.69, 9.17) is 0 Å². The fourth-order valence-corrected chi connectivity index (χ4v) is 2.65. The fourth-order valence-electron chi connectivity index (χ4n) is 1.60. The van der Waals surface area contributed by atoms with E-state index in [-0.39, 0.29) is 17.3 Å². The Kier molecular flexibility index (Phi) is 8.17. The largest absolute Gasteiger partial charge is 0.303 e. The molecule has 0 aliphatic carbocycles. The predicted octanol–water partition coefficient (Wildman–Crippen LogP) is 1.87. The zero-order valence-corrected chi connectivity index (χ0v) is 12.7. The summed E-state index contributed by atoms with van der Waals surface area (Å²) in [6.45, 7) is 6.74. The molecule has 0 aliphatic heterocycles. The van der Waals surface area contributed by atoms with Crippen molar-refractivity contribution in [3.8, 4) is 0 Å². The quantitative estimate of drug-likeness (QED) is 0.836. The second kappa shape index (κ2) is 8.47. The van der Waals surface area contributed by atoms with Crippen LogP contribution in [0.4, 0.5) is 4.39 Å². The van der Waals surface area contributed by atoms with Gasteiger partial charge in [0.1, 0.15) is 5.82 Å². The topological polar surface area (TPSA) is 49.4 Å². The maximum absolute atomic E-state index is 13.0. The van der Waals surface area contributed by atoms with Crippen molar-refractivity contribution < 1.29 is 12.8 Å². The van der Waals surface area contributed by atoms with Crippen molar-refractivity contribution >= 4 is 22.4 Å². The van der Waals surface area contributed by atoms with Crippen LogP contribution in [0.3, 0.4) is 0 Å². The maximum atomic E-state index is 13.0. The first-order valence-electron chi connectivity index (χ1n) is 5.97. The average molecular weight is 311 g/mol. The van der Waals surface area contributed by atoms with Crippen LogP contribution in [0.25, 0.3) is 0 Å². The van der Waals surface area contributed by atoms with Gasteiger partial charge in [-0.15, -0.1) is 12.4 Å². The molecule has 4 nitrogen and oxygen atoms in total. The molecule has 1 N–H and O–H groups in total. The molecule has 0 unspecified atom stereocenters. The van der Waals surface area contributed by atoms with E-state index >= 15 is 0 Å². The van der Waals surface area contributed by atoms with Gasteiger partial charge >= 0.3 is 0 Å². The van der Waals surface area contributed by atoms with E-state index in [1.807, 2.05) is 13.8 Å². The van der Waals surface area contributed by atoms with E-state index in [0.717, 1.165) is 19.2 Å². The summed E-state index contributed by atoms with van der Waals surface area (Å²) in [6, 6.07) is 4.99. The molecule has 1 aromatic rings. The SMILES string of the molecule is CCN(CC)CCNS(=O)(=O)c1cccc(F)c1.Cl. The summed E-state index contributed by atoms with van der Waals surface area (Å²) in [5.41, 5.74) is 0. The molecule has 0 radical (unpaired) electrons. The van der Waals surface area contributed by atoms with Gasteiger partial charge in [-0.2, -0.15) is 0 Å². The molecule has 0 fully saturated rings. The van der Waals surface area contributed by atoms with Gasteiger partial charge in [0.25, 0.3) is 0 Å². The van der Waals surface area contributed by atoms with Crippen molar-refractivity contribution in [2.75, 3.05) is 26.2 Å². The summed E-state index contributed by atoms with van der Waals surface area (Å²) in [6.07, 6.45) is 0. The highest BCUT2D eigenvalue weighted by molar-refractivity contribution is 7.89. The lowest BCUT2D eigenvalue weighted by Crippen LogP contribution is -2.34. The van der Waals surface area contributed by atoms with Crippen LogP contribution in [0, 0.1) is 5.82 Å². The average Bonchev–Trinajstić information content (AvgIpc) is 2.34. The number of rotatable bonds is 7. The van der Waals surface area contributed by atoms with Crippen molar-refractivity contribution in [2.24, 2.45) is 0 Å². The zero-order valence-electron chi connectivity index (χ0n) is 11.1. The van der Waals surface area contributed by atoms with Crippen molar-refractivity contribution in [3.05, 3.63) is 30.1 Å². The molecule has 19 heavy (non-hydrogen) atoms. The monoisotopic (exact) mass is 310 g/mol. The lowest BCUT2D eigenvalue weighted by molar-refractivity contribution is 0.309. The summed E-state index contributed by atoms with van der Waals surface area (Å²) in [5, 5.41) is 0. The molecule has 0 heterocycles. The number of likely N-dealkylation sites (N-methyl/N-ethyl adjacent to an activating group) is 1. The molecule has 0 saturated heterocycles. The highest BCUT2D eigenvalue weighted by atomic mass is 35.5. The van der Waals surface area contributed by atoms with E-state index in [0.29, 0.717) is 13.1 Å². The molecular weight excluding hydrogens is 291 g/mol. The Labute approximate surface area is 120 Å². The minimum absolute atomic E-state index is 0. The van der Waals surface area contributed by atoms with Crippen LogP contribution in [0.2, 0.25) is 0 Å². The molecule has 0 spiro atoms. The van der Waals surface area contributed by atoms with Crippen LogP contribution in [-0.4, -0.2) is 39.5 Å². The molecule has 0 bridgehead atoms. The van der Waals surface area contributed by atoms with Crippen LogP contribution in [0.5, 0.6) is 0 Å². The van der Waals surface area contributed by atoms with E-state index in [2.05, 4.69) is 9.62 Å². The molecule has 0 atom stereocenters. The predicted molar refractivity (Wildman–Crippen MR) is 76.6 cm³/mol. The van der Waals surface area contributed by atoms with Gasteiger partial charge in [0.15, 0.2) is 0 Å². The smallest absolute Gasteiger partial charge is 0.240 e. The first-order chi connectivity index (χ1) is 8.49. The van der Waals surface area contributed by atoms with Crippen LogP contribution in [-0.2, 0) is 10.0 Å². The molecule has 0 aromatic heterocycles. The summed E-state index contributed by atoms with van der Waals surface area (Å²) in [5.74, 6) is -0.554. The molecular formula is C12H20ClFN2O2S. The number of hydrogen-bond donors (Lipinski definition) is 1. The van der Waals surface area contributed by atoms with Crippen LogP contribution >= 0.6 is 12.4 Å². The minimum atomic E-state index is -3.61. The molecule has 0 saturated carbocycles. The Bertz CT molecular complexity index is 478. The summed E-state index contributed by atoms with van der Waals surface area (Å²) in [4.78, 5) is 2.07. The Morgan fingerprint density at radius 3 is 2.42 bits per heavy atom.